The molecular weight excluding hydrogens is 438 g/mol. The summed E-state index contributed by atoms with van der Waals surface area (Å²) < 4.78 is 27.6. The summed E-state index contributed by atoms with van der Waals surface area (Å²) in [4.78, 5) is 12.2. The van der Waals surface area contributed by atoms with Gasteiger partial charge in [-0.15, -0.1) is 0 Å². The van der Waals surface area contributed by atoms with E-state index in [2.05, 4.69) is 15.0 Å². The van der Waals surface area contributed by atoms with Crippen LogP contribution in [-0.4, -0.2) is 74.7 Å². The average Bonchev–Trinajstić information content (AvgIpc) is 3.51. The Morgan fingerprint density at radius 3 is 2.90 bits per heavy atom. The highest BCUT2D eigenvalue weighted by Crippen LogP contribution is 2.35. The number of hydrogen-bond acceptors (Lipinski definition) is 7. The quantitative estimate of drug-likeness (QED) is 0.470. The average molecular weight is 464 g/mol. The molecular formula is C20H25N5O4S2. The Balaban J connectivity index is 1.74. The van der Waals surface area contributed by atoms with Crippen molar-refractivity contribution in [2.45, 2.75) is 10.4 Å². The molecule has 1 aliphatic heterocycles. The molecule has 0 aliphatic carbocycles. The van der Waals surface area contributed by atoms with Crippen molar-refractivity contribution in [2.24, 2.45) is 12.0 Å². The van der Waals surface area contributed by atoms with Crippen molar-refractivity contribution < 1.29 is 18.8 Å². The number of ether oxygens (including phenoxy) is 2. The van der Waals surface area contributed by atoms with Gasteiger partial charge >= 0.3 is 0 Å². The van der Waals surface area contributed by atoms with E-state index < -0.39 is 11.0 Å². The number of H-pyrrole nitrogens is 1. The largest absolute Gasteiger partial charge is 0.491 e. The standard InChI is InChI=1S/C20H25N5O4S2/c1-24-5-4-21-20(24)31(27)25(2)17-10-14(29-7-6-28-3)8-13-9-16(23-18(13)17)19-22-11-15(12-26)30-19/h4-5,8-10,15,23,26H,6-7,11-12H2,1-3H3. The number of nitrogens with one attached hydrogen (secondary N) is 1. The molecule has 2 aromatic heterocycles. The predicted octanol–water partition coefficient (Wildman–Crippen LogP) is 1.94. The molecule has 11 heteroatoms. The molecule has 0 amide bonds. The van der Waals surface area contributed by atoms with Crippen molar-refractivity contribution >= 4 is 44.4 Å². The molecule has 0 saturated heterocycles. The molecule has 0 spiro atoms. The van der Waals surface area contributed by atoms with Crippen LogP contribution in [0.25, 0.3) is 10.9 Å². The van der Waals surface area contributed by atoms with Crippen molar-refractivity contribution in [3.63, 3.8) is 0 Å². The normalized spacial score (nSPS) is 17.2. The van der Waals surface area contributed by atoms with Crippen molar-refractivity contribution in [3.8, 4) is 5.75 Å². The SMILES string of the molecule is COCCOc1cc(N(C)S(=O)c2nccn2C)c2[nH]c(C3=NCC(CO)S3)cc2c1. The van der Waals surface area contributed by atoms with Gasteiger partial charge < -0.3 is 24.1 Å². The lowest BCUT2D eigenvalue weighted by molar-refractivity contribution is 0.146. The second-order valence-corrected chi connectivity index (χ2v) is 9.77. The molecule has 2 N–H and O–H groups in total. The number of imidazole rings is 1. The van der Waals surface area contributed by atoms with Crippen LogP contribution in [-0.2, 0) is 22.8 Å². The van der Waals surface area contributed by atoms with Crippen molar-refractivity contribution in [1.29, 1.82) is 0 Å². The number of nitrogens with zero attached hydrogens (tertiary/aromatic N) is 4. The maximum absolute atomic E-state index is 13.2. The fourth-order valence-corrected chi connectivity index (χ4v) is 5.23. The van der Waals surface area contributed by atoms with Gasteiger partial charge in [-0.2, -0.15) is 0 Å². The van der Waals surface area contributed by atoms with Gasteiger partial charge in [0.25, 0.3) is 0 Å². The number of aliphatic hydroxyl groups excluding tert-OH is 1. The highest BCUT2D eigenvalue weighted by Gasteiger charge is 2.24. The Kier molecular flexibility index (Phi) is 6.65. The van der Waals surface area contributed by atoms with E-state index in [9.17, 15) is 9.32 Å². The molecule has 2 unspecified atom stereocenters. The summed E-state index contributed by atoms with van der Waals surface area (Å²) in [6, 6.07) is 5.81. The number of fused-ring (bicyclic) bond motifs is 1. The highest BCUT2D eigenvalue weighted by molar-refractivity contribution is 8.15. The van der Waals surface area contributed by atoms with Crippen molar-refractivity contribution in [1.82, 2.24) is 14.5 Å². The zero-order valence-corrected chi connectivity index (χ0v) is 19.2. The number of anilines is 1. The minimum Gasteiger partial charge on any atom is -0.491 e. The minimum absolute atomic E-state index is 0.0763. The highest BCUT2D eigenvalue weighted by atomic mass is 32.2. The number of aliphatic hydroxyl groups is 1. The van der Waals surface area contributed by atoms with Gasteiger partial charge in [0.15, 0.2) is 11.0 Å². The minimum atomic E-state index is -1.51. The van der Waals surface area contributed by atoms with E-state index in [1.807, 2.05) is 25.2 Å². The number of aryl methyl sites for hydroxylation is 1. The summed E-state index contributed by atoms with van der Waals surface area (Å²) in [5.74, 6) is 0.656. The summed E-state index contributed by atoms with van der Waals surface area (Å²) in [7, 11) is 3.69. The van der Waals surface area contributed by atoms with Crippen molar-refractivity contribution in [2.75, 3.05) is 44.8 Å². The van der Waals surface area contributed by atoms with Crippen LogP contribution in [0.4, 0.5) is 5.69 Å². The number of aromatic amines is 1. The molecule has 31 heavy (non-hydrogen) atoms. The van der Waals surface area contributed by atoms with E-state index in [-0.39, 0.29) is 11.9 Å². The van der Waals surface area contributed by atoms with Crippen LogP contribution in [0.2, 0.25) is 0 Å². The molecule has 1 aliphatic rings. The number of thioether (sulfide) groups is 1. The zero-order chi connectivity index (χ0) is 22.0. The maximum Gasteiger partial charge on any atom is 0.220 e. The fraction of sp³-hybridized carbons (Fsp3) is 0.400. The molecule has 2 atom stereocenters. The predicted molar refractivity (Wildman–Crippen MR) is 124 cm³/mol. The van der Waals surface area contributed by atoms with Gasteiger partial charge in [-0.1, -0.05) is 11.8 Å². The van der Waals surface area contributed by atoms with Gasteiger partial charge in [-0.25, -0.2) is 9.19 Å². The molecule has 166 valence electrons. The summed E-state index contributed by atoms with van der Waals surface area (Å²) in [6.07, 6.45) is 3.39. The molecule has 3 aromatic rings. The first-order valence-electron chi connectivity index (χ1n) is 9.75. The monoisotopic (exact) mass is 463 g/mol. The van der Waals surface area contributed by atoms with Crippen LogP contribution in [0.15, 0.2) is 40.7 Å². The first-order chi connectivity index (χ1) is 15.0. The fourth-order valence-electron chi connectivity index (χ4n) is 3.28. The number of aromatic nitrogens is 3. The van der Waals surface area contributed by atoms with E-state index in [1.54, 1.807) is 47.2 Å². The van der Waals surface area contributed by atoms with Crippen LogP contribution in [0, 0.1) is 0 Å². The number of hydrogen-bond donors (Lipinski definition) is 2. The molecule has 0 saturated carbocycles. The molecule has 0 radical (unpaired) electrons. The first-order valence-corrected chi connectivity index (χ1v) is 11.7. The Labute approximate surface area is 187 Å². The lowest BCUT2D eigenvalue weighted by Crippen LogP contribution is -2.23. The summed E-state index contributed by atoms with van der Waals surface area (Å²) >= 11 is 1.55. The topological polar surface area (TPSA) is 105 Å². The lowest BCUT2D eigenvalue weighted by Gasteiger charge is -2.19. The number of rotatable bonds is 9. The van der Waals surface area contributed by atoms with E-state index in [0.29, 0.717) is 30.7 Å². The van der Waals surface area contributed by atoms with Crippen LogP contribution in [0.3, 0.4) is 0 Å². The van der Waals surface area contributed by atoms with Crippen molar-refractivity contribution in [3.05, 3.63) is 36.3 Å². The Morgan fingerprint density at radius 2 is 2.23 bits per heavy atom. The summed E-state index contributed by atoms with van der Waals surface area (Å²) in [6.45, 7) is 1.56. The van der Waals surface area contributed by atoms with Crippen LogP contribution < -0.4 is 9.04 Å². The Bertz CT molecular complexity index is 1130. The second-order valence-electron chi connectivity index (χ2n) is 7.07. The second kappa shape index (κ2) is 9.43. The third-order valence-electron chi connectivity index (χ3n) is 4.91. The van der Waals surface area contributed by atoms with Gasteiger partial charge in [0, 0.05) is 45.1 Å². The molecule has 0 fully saturated rings. The molecule has 0 bridgehead atoms. The molecule has 3 heterocycles. The Hall–Kier alpha value is -2.34. The smallest absolute Gasteiger partial charge is 0.220 e. The molecule has 1 aromatic carbocycles. The van der Waals surface area contributed by atoms with Gasteiger partial charge in [0.2, 0.25) is 5.16 Å². The van der Waals surface area contributed by atoms with Crippen LogP contribution in [0.1, 0.15) is 5.69 Å². The summed E-state index contributed by atoms with van der Waals surface area (Å²) in [5.41, 5.74) is 2.41. The third-order valence-corrected chi connectivity index (χ3v) is 7.51. The molecule has 4 rings (SSSR count). The van der Waals surface area contributed by atoms with Gasteiger partial charge in [0.05, 0.1) is 41.9 Å². The van der Waals surface area contributed by atoms with Gasteiger partial charge in [0.1, 0.15) is 17.4 Å². The van der Waals surface area contributed by atoms with E-state index in [1.165, 1.54) is 0 Å². The number of aliphatic imine (C=N–C) groups is 1. The van der Waals surface area contributed by atoms with Gasteiger partial charge in [-0.05, 0) is 12.1 Å². The summed E-state index contributed by atoms with van der Waals surface area (Å²) in [5, 5.41) is 11.7. The van der Waals surface area contributed by atoms with E-state index >= 15 is 0 Å². The Morgan fingerprint density at radius 1 is 1.39 bits per heavy atom. The number of methoxy groups -OCH3 is 1. The van der Waals surface area contributed by atoms with Gasteiger partial charge in [-0.3, -0.25) is 9.30 Å². The van der Waals surface area contributed by atoms with E-state index in [4.69, 9.17) is 9.47 Å². The molecule has 9 nitrogen and oxygen atoms in total. The zero-order valence-electron chi connectivity index (χ0n) is 17.6. The van der Waals surface area contributed by atoms with Crippen LogP contribution >= 0.6 is 11.8 Å². The third kappa shape index (κ3) is 4.49. The first kappa shape index (κ1) is 21.9. The van der Waals surface area contributed by atoms with E-state index in [0.717, 1.165) is 27.3 Å². The maximum atomic E-state index is 13.2. The van der Waals surface area contributed by atoms with Crippen LogP contribution in [0.5, 0.6) is 5.75 Å². The number of benzene rings is 1. The lowest BCUT2D eigenvalue weighted by atomic mass is 10.2.